The minimum atomic E-state index is -3.63. The molecule has 0 saturated carbocycles. The van der Waals surface area contributed by atoms with Gasteiger partial charge in [-0.2, -0.15) is 4.31 Å². The van der Waals surface area contributed by atoms with E-state index in [1.54, 1.807) is 19.1 Å². The first-order valence-corrected chi connectivity index (χ1v) is 7.30. The van der Waals surface area contributed by atoms with Crippen molar-refractivity contribution in [3.63, 3.8) is 0 Å². The Bertz CT molecular complexity index is 598. The second-order valence-electron chi connectivity index (χ2n) is 4.32. The number of piperazine rings is 1. The van der Waals surface area contributed by atoms with Crippen molar-refractivity contribution >= 4 is 15.9 Å². The number of aryl methyl sites for hydroxylation is 1. The van der Waals surface area contributed by atoms with Gasteiger partial charge in [-0.3, -0.25) is 4.79 Å². The van der Waals surface area contributed by atoms with Crippen LogP contribution in [-0.4, -0.2) is 45.4 Å². The van der Waals surface area contributed by atoms with Crippen molar-refractivity contribution in [1.29, 1.82) is 0 Å². The second-order valence-corrected chi connectivity index (χ2v) is 6.26. The number of ether oxygens (including phenoxy) is 1. The topological polar surface area (TPSA) is 75.7 Å². The van der Waals surface area contributed by atoms with Crippen LogP contribution in [-0.2, 0) is 14.8 Å². The van der Waals surface area contributed by atoms with Crippen LogP contribution in [0.5, 0.6) is 5.75 Å². The first kappa shape index (κ1) is 13.8. The molecule has 0 bridgehead atoms. The third-order valence-corrected chi connectivity index (χ3v) is 4.85. The summed E-state index contributed by atoms with van der Waals surface area (Å²) in [4.78, 5) is 11.5. The molecule has 104 valence electrons. The van der Waals surface area contributed by atoms with Gasteiger partial charge in [0.2, 0.25) is 15.9 Å². The molecule has 0 aromatic heterocycles. The summed E-state index contributed by atoms with van der Waals surface area (Å²) in [7, 11) is -2.09. The smallest absolute Gasteiger partial charge is 0.243 e. The van der Waals surface area contributed by atoms with Gasteiger partial charge in [0, 0.05) is 13.1 Å². The number of rotatable bonds is 3. The van der Waals surface area contributed by atoms with Gasteiger partial charge in [0.25, 0.3) is 0 Å². The van der Waals surface area contributed by atoms with Crippen LogP contribution in [0.15, 0.2) is 23.1 Å². The van der Waals surface area contributed by atoms with Crippen molar-refractivity contribution in [3.05, 3.63) is 23.8 Å². The fourth-order valence-corrected chi connectivity index (χ4v) is 3.46. The van der Waals surface area contributed by atoms with E-state index < -0.39 is 10.0 Å². The maximum absolute atomic E-state index is 12.4. The lowest BCUT2D eigenvalue weighted by Gasteiger charge is -2.26. The Labute approximate surface area is 112 Å². The van der Waals surface area contributed by atoms with E-state index in [1.165, 1.54) is 17.5 Å². The van der Waals surface area contributed by atoms with E-state index >= 15 is 0 Å². The van der Waals surface area contributed by atoms with Gasteiger partial charge in [-0.25, -0.2) is 8.42 Å². The predicted octanol–water partition coefficient (Wildman–Crippen LogP) is 0.124. The van der Waals surface area contributed by atoms with Crippen LogP contribution in [0.1, 0.15) is 5.56 Å². The third-order valence-electron chi connectivity index (χ3n) is 3.01. The van der Waals surface area contributed by atoms with Crippen molar-refractivity contribution < 1.29 is 17.9 Å². The lowest BCUT2D eigenvalue weighted by atomic mass is 10.2. The van der Waals surface area contributed by atoms with E-state index in [9.17, 15) is 13.2 Å². The highest BCUT2D eigenvalue weighted by molar-refractivity contribution is 7.89. The zero-order chi connectivity index (χ0) is 14.0. The molecule has 1 aliphatic heterocycles. The zero-order valence-electron chi connectivity index (χ0n) is 10.8. The largest absolute Gasteiger partial charge is 0.496 e. The maximum Gasteiger partial charge on any atom is 0.243 e. The summed E-state index contributed by atoms with van der Waals surface area (Å²) in [6, 6.07) is 4.67. The van der Waals surface area contributed by atoms with Gasteiger partial charge in [-0.05, 0) is 30.7 Å². The number of nitrogens with zero attached hydrogens (tertiary/aromatic N) is 1. The van der Waals surface area contributed by atoms with E-state index in [1.807, 2.05) is 0 Å². The lowest BCUT2D eigenvalue weighted by Crippen LogP contribution is -2.49. The van der Waals surface area contributed by atoms with E-state index in [0.717, 1.165) is 5.56 Å². The minimum absolute atomic E-state index is 0.132. The number of hydrogen-bond donors (Lipinski definition) is 1. The van der Waals surface area contributed by atoms with E-state index in [2.05, 4.69) is 5.32 Å². The van der Waals surface area contributed by atoms with Gasteiger partial charge in [-0.1, -0.05) is 0 Å². The third kappa shape index (κ3) is 2.71. The Hall–Kier alpha value is -1.60. The molecule has 1 heterocycles. The van der Waals surface area contributed by atoms with E-state index in [-0.39, 0.29) is 17.3 Å². The Balaban J connectivity index is 2.33. The molecule has 6 nitrogen and oxygen atoms in total. The number of carbonyl (C=O) groups excluding carboxylic acids is 1. The van der Waals surface area contributed by atoms with Gasteiger partial charge in [-0.15, -0.1) is 0 Å². The van der Waals surface area contributed by atoms with Crippen LogP contribution in [0.2, 0.25) is 0 Å². The average Bonchev–Trinajstić information content (AvgIpc) is 2.38. The SMILES string of the molecule is COc1ccc(S(=O)(=O)N2CCNC(=O)C2)cc1C. The Morgan fingerprint density at radius 1 is 1.37 bits per heavy atom. The summed E-state index contributed by atoms with van der Waals surface area (Å²) in [5.41, 5.74) is 0.741. The Morgan fingerprint density at radius 2 is 2.11 bits per heavy atom. The molecule has 7 heteroatoms. The summed E-state index contributed by atoms with van der Waals surface area (Å²) in [5, 5.41) is 2.60. The molecule has 1 amide bonds. The van der Waals surface area contributed by atoms with E-state index in [4.69, 9.17) is 4.74 Å². The van der Waals surface area contributed by atoms with Crippen molar-refractivity contribution in [3.8, 4) is 5.75 Å². The highest BCUT2D eigenvalue weighted by Crippen LogP contribution is 2.23. The van der Waals surface area contributed by atoms with Crippen LogP contribution in [0.25, 0.3) is 0 Å². The summed E-state index contributed by atoms with van der Waals surface area (Å²) < 4.78 is 31.1. The highest BCUT2D eigenvalue weighted by atomic mass is 32.2. The first-order valence-electron chi connectivity index (χ1n) is 5.86. The Morgan fingerprint density at radius 3 is 2.68 bits per heavy atom. The molecule has 0 atom stereocenters. The Kier molecular flexibility index (Phi) is 3.77. The van der Waals surface area contributed by atoms with Gasteiger partial charge < -0.3 is 10.1 Å². The number of benzene rings is 1. The van der Waals surface area contributed by atoms with Gasteiger partial charge >= 0.3 is 0 Å². The molecular weight excluding hydrogens is 268 g/mol. The number of amides is 1. The van der Waals surface area contributed by atoms with Crippen molar-refractivity contribution in [2.75, 3.05) is 26.7 Å². The average molecular weight is 284 g/mol. The molecule has 1 aromatic carbocycles. The molecular formula is C12H16N2O4S. The maximum atomic E-state index is 12.4. The standard InChI is InChI=1S/C12H16N2O4S/c1-9-7-10(3-4-11(9)18-2)19(16,17)14-6-5-13-12(15)8-14/h3-4,7H,5-6,8H2,1-2H3,(H,13,15). The number of sulfonamides is 1. The molecule has 19 heavy (non-hydrogen) atoms. The molecule has 1 N–H and O–H groups in total. The number of nitrogens with one attached hydrogen (secondary N) is 1. The number of methoxy groups -OCH3 is 1. The van der Waals surface area contributed by atoms with E-state index in [0.29, 0.717) is 18.8 Å². The molecule has 0 aliphatic carbocycles. The monoisotopic (exact) mass is 284 g/mol. The van der Waals surface area contributed by atoms with Gasteiger partial charge in [0.1, 0.15) is 5.75 Å². The molecule has 1 fully saturated rings. The highest BCUT2D eigenvalue weighted by Gasteiger charge is 2.29. The van der Waals surface area contributed by atoms with Crippen LogP contribution in [0, 0.1) is 6.92 Å². The zero-order valence-corrected chi connectivity index (χ0v) is 11.7. The summed E-state index contributed by atoms with van der Waals surface area (Å²) in [6.45, 7) is 2.28. The summed E-state index contributed by atoms with van der Waals surface area (Å²) in [6.07, 6.45) is 0. The number of carbonyl (C=O) groups is 1. The number of hydrogen-bond acceptors (Lipinski definition) is 4. The molecule has 2 rings (SSSR count). The molecule has 1 aliphatic rings. The molecule has 1 aromatic rings. The minimum Gasteiger partial charge on any atom is -0.496 e. The fraction of sp³-hybridized carbons (Fsp3) is 0.417. The predicted molar refractivity (Wildman–Crippen MR) is 69.5 cm³/mol. The summed E-state index contributed by atoms with van der Waals surface area (Å²) in [5.74, 6) is 0.357. The lowest BCUT2D eigenvalue weighted by molar-refractivity contribution is -0.122. The quantitative estimate of drug-likeness (QED) is 0.855. The van der Waals surface area contributed by atoms with Crippen LogP contribution in [0.3, 0.4) is 0 Å². The summed E-state index contributed by atoms with van der Waals surface area (Å²) >= 11 is 0. The van der Waals surface area contributed by atoms with Crippen LogP contribution in [0.4, 0.5) is 0 Å². The second kappa shape index (κ2) is 5.18. The van der Waals surface area contributed by atoms with Gasteiger partial charge in [0.05, 0.1) is 18.6 Å². The van der Waals surface area contributed by atoms with Crippen LogP contribution >= 0.6 is 0 Å². The molecule has 1 saturated heterocycles. The first-order chi connectivity index (χ1) is 8.95. The normalized spacial score (nSPS) is 17.1. The van der Waals surface area contributed by atoms with Crippen molar-refractivity contribution in [1.82, 2.24) is 9.62 Å². The molecule has 0 unspecified atom stereocenters. The molecule has 0 spiro atoms. The van der Waals surface area contributed by atoms with Crippen molar-refractivity contribution in [2.45, 2.75) is 11.8 Å². The van der Waals surface area contributed by atoms with Crippen molar-refractivity contribution in [2.24, 2.45) is 0 Å². The fourth-order valence-electron chi connectivity index (χ4n) is 1.98. The molecule has 0 radical (unpaired) electrons. The van der Waals surface area contributed by atoms with Crippen LogP contribution < -0.4 is 10.1 Å². The van der Waals surface area contributed by atoms with Gasteiger partial charge in [0.15, 0.2) is 0 Å².